The number of carbonyl (C=O) groups is 1. The van der Waals surface area contributed by atoms with E-state index in [0.717, 1.165) is 30.3 Å². The van der Waals surface area contributed by atoms with Crippen LogP contribution in [0.4, 0.5) is 0 Å². The number of benzene rings is 1. The lowest BCUT2D eigenvalue weighted by Crippen LogP contribution is -2.39. The first-order valence-electron chi connectivity index (χ1n) is 9.25. The van der Waals surface area contributed by atoms with Crippen LogP contribution in [0.2, 0.25) is 0 Å². The highest BCUT2D eigenvalue weighted by Gasteiger charge is 2.48. The van der Waals surface area contributed by atoms with Crippen molar-refractivity contribution in [2.45, 2.75) is 31.3 Å². The molecule has 2 aromatic heterocycles. The average molecular weight is 360 g/mol. The lowest BCUT2D eigenvalue weighted by molar-refractivity contribution is -0.130. The Bertz CT molecular complexity index is 1060. The summed E-state index contributed by atoms with van der Waals surface area (Å²) in [6, 6.07) is 11.4. The summed E-state index contributed by atoms with van der Waals surface area (Å²) >= 11 is 0. The Morgan fingerprint density at radius 1 is 1.26 bits per heavy atom. The predicted molar refractivity (Wildman–Crippen MR) is 102 cm³/mol. The number of piperidine rings is 1. The molecule has 0 spiro atoms. The molecule has 1 aliphatic heterocycles. The van der Waals surface area contributed by atoms with E-state index in [0.29, 0.717) is 28.9 Å². The van der Waals surface area contributed by atoms with E-state index in [1.165, 1.54) is 6.08 Å². The minimum absolute atomic E-state index is 0.00756. The van der Waals surface area contributed by atoms with Crippen molar-refractivity contribution < 1.29 is 9.90 Å². The minimum Gasteiger partial charge on any atom is -0.507 e. The average Bonchev–Trinajstić information content (AvgIpc) is 3.40. The number of aromatic nitrogens is 3. The number of phenols is 1. The van der Waals surface area contributed by atoms with Gasteiger partial charge in [0.2, 0.25) is 5.91 Å². The Hall–Kier alpha value is -3.15. The van der Waals surface area contributed by atoms with E-state index in [-0.39, 0.29) is 17.7 Å². The largest absolute Gasteiger partial charge is 0.507 e. The van der Waals surface area contributed by atoms with Gasteiger partial charge in [0.1, 0.15) is 5.75 Å². The van der Waals surface area contributed by atoms with Crippen LogP contribution in [0.1, 0.15) is 31.0 Å². The zero-order valence-corrected chi connectivity index (χ0v) is 14.8. The van der Waals surface area contributed by atoms with Crippen LogP contribution < -0.4 is 0 Å². The molecule has 1 saturated carbocycles. The number of para-hydroxylation sites is 1. The van der Waals surface area contributed by atoms with Gasteiger partial charge in [-0.15, -0.1) is 10.2 Å². The highest BCUT2D eigenvalue weighted by Crippen LogP contribution is 2.50. The van der Waals surface area contributed by atoms with E-state index >= 15 is 0 Å². The smallest absolute Gasteiger partial charge is 0.246 e. The van der Waals surface area contributed by atoms with E-state index < -0.39 is 0 Å². The van der Waals surface area contributed by atoms with Crippen molar-refractivity contribution in [2.75, 3.05) is 0 Å². The van der Waals surface area contributed by atoms with Gasteiger partial charge in [-0.05, 0) is 55.5 Å². The SMILES string of the molecule is C=CC(=O)N1C(c2cc3cc(-c4ccccc4O)nnc3[nH]2)[C@@H]2CC[C@H]1C2. The predicted octanol–water partition coefficient (Wildman–Crippen LogP) is 3.57. The molecule has 2 bridgehead atoms. The summed E-state index contributed by atoms with van der Waals surface area (Å²) in [7, 11) is 0. The summed E-state index contributed by atoms with van der Waals surface area (Å²) < 4.78 is 0. The molecule has 2 aliphatic rings. The summed E-state index contributed by atoms with van der Waals surface area (Å²) in [5.74, 6) is 0.641. The van der Waals surface area contributed by atoms with Gasteiger partial charge in [0.05, 0.1) is 11.7 Å². The zero-order valence-electron chi connectivity index (χ0n) is 14.8. The van der Waals surface area contributed by atoms with Crippen molar-refractivity contribution in [1.29, 1.82) is 0 Å². The zero-order chi connectivity index (χ0) is 18.5. The number of aromatic hydroxyl groups is 1. The third-order valence-corrected chi connectivity index (χ3v) is 5.91. The molecule has 3 aromatic rings. The van der Waals surface area contributed by atoms with Crippen molar-refractivity contribution in [1.82, 2.24) is 20.1 Å². The number of carbonyl (C=O) groups excluding carboxylic acids is 1. The van der Waals surface area contributed by atoms with Crippen LogP contribution in [0.15, 0.2) is 49.1 Å². The molecule has 6 heteroatoms. The second-order valence-electron chi connectivity index (χ2n) is 7.40. The van der Waals surface area contributed by atoms with Crippen molar-refractivity contribution >= 4 is 16.9 Å². The Labute approximate surface area is 156 Å². The number of phenolic OH excluding ortho intramolecular Hbond substituents is 1. The van der Waals surface area contributed by atoms with E-state index in [1.54, 1.807) is 12.1 Å². The molecule has 2 N–H and O–H groups in total. The Balaban J connectivity index is 1.56. The number of likely N-dealkylation sites (tertiary alicyclic amines) is 1. The number of H-pyrrole nitrogens is 1. The van der Waals surface area contributed by atoms with Crippen LogP contribution in [-0.2, 0) is 4.79 Å². The normalized spacial score (nSPS) is 23.9. The van der Waals surface area contributed by atoms with Crippen molar-refractivity contribution in [3.05, 3.63) is 54.7 Å². The highest BCUT2D eigenvalue weighted by molar-refractivity contribution is 5.88. The van der Waals surface area contributed by atoms with Crippen LogP contribution in [0, 0.1) is 5.92 Å². The van der Waals surface area contributed by atoms with E-state index in [1.807, 2.05) is 23.1 Å². The number of aromatic amines is 1. The minimum atomic E-state index is -0.00756. The van der Waals surface area contributed by atoms with Crippen LogP contribution in [-0.4, -0.2) is 37.1 Å². The van der Waals surface area contributed by atoms with Crippen LogP contribution in [0.25, 0.3) is 22.3 Å². The van der Waals surface area contributed by atoms with Gasteiger partial charge in [0.15, 0.2) is 5.65 Å². The van der Waals surface area contributed by atoms with Crippen LogP contribution in [0.5, 0.6) is 5.75 Å². The van der Waals surface area contributed by atoms with Gasteiger partial charge >= 0.3 is 0 Å². The first-order chi connectivity index (χ1) is 13.2. The van der Waals surface area contributed by atoms with Crippen molar-refractivity contribution in [2.24, 2.45) is 5.92 Å². The number of hydrogen-bond donors (Lipinski definition) is 2. The topological polar surface area (TPSA) is 82.1 Å². The molecule has 0 radical (unpaired) electrons. The van der Waals surface area contributed by atoms with Gasteiger partial charge < -0.3 is 15.0 Å². The van der Waals surface area contributed by atoms with E-state index in [9.17, 15) is 9.90 Å². The fourth-order valence-electron chi connectivity index (χ4n) is 4.75. The van der Waals surface area contributed by atoms with Crippen molar-refractivity contribution in [3.8, 4) is 17.0 Å². The van der Waals surface area contributed by atoms with E-state index in [2.05, 4.69) is 27.8 Å². The monoisotopic (exact) mass is 360 g/mol. The molecule has 6 nitrogen and oxygen atoms in total. The molecule has 5 rings (SSSR count). The molecule has 1 unspecified atom stereocenters. The number of amides is 1. The summed E-state index contributed by atoms with van der Waals surface area (Å²) in [6.45, 7) is 3.67. The lowest BCUT2D eigenvalue weighted by Gasteiger charge is -2.34. The summed E-state index contributed by atoms with van der Waals surface area (Å²) in [6.07, 6.45) is 4.67. The van der Waals surface area contributed by atoms with Gasteiger partial charge in [0, 0.05) is 22.7 Å². The quantitative estimate of drug-likeness (QED) is 0.700. The first-order valence-corrected chi connectivity index (χ1v) is 9.25. The second kappa shape index (κ2) is 5.94. The fourth-order valence-corrected chi connectivity index (χ4v) is 4.75. The Morgan fingerprint density at radius 3 is 2.93 bits per heavy atom. The molecular weight excluding hydrogens is 340 g/mol. The molecule has 1 aromatic carbocycles. The van der Waals surface area contributed by atoms with Gasteiger partial charge in [0.25, 0.3) is 0 Å². The molecule has 3 heterocycles. The number of hydrogen-bond acceptors (Lipinski definition) is 4. The van der Waals surface area contributed by atoms with Gasteiger partial charge in [-0.1, -0.05) is 18.7 Å². The summed E-state index contributed by atoms with van der Waals surface area (Å²) in [5, 5.41) is 19.6. The molecule has 136 valence electrons. The van der Waals surface area contributed by atoms with E-state index in [4.69, 9.17) is 0 Å². The third kappa shape index (κ3) is 2.44. The maximum Gasteiger partial charge on any atom is 0.246 e. The Kier molecular flexibility index (Phi) is 3.53. The highest BCUT2D eigenvalue weighted by atomic mass is 16.3. The Morgan fingerprint density at radius 2 is 2.11 bits per heavy atom. The summed E-state index contributed by atoms with van der Waals surface area (Å²) in [4.78, 5) is 17.8. The molecule has 3 atom stereocenters. The third-order valence-electron chi connectivity index (χ3n) is 5.91. The lowest BCUT2D eigenvalue weighted by atomic mass is 9.95. The number of nitrogens with zero attached hydrogens (tertiary/aromatic N) is 3. The number of rotatable bonds is 3. The maximum absolute atomic E-state index is 12.4. The number of fused-ring (bicyclic) bond motifs is 3. The molecule has 2 fully saturated rings. The van der Waals surface area contributed by atoms with Crippen molar-refractivity contribution in [3.63, 3.8) is 0 Å². The fraction of sp³-hybridized carbons (Fsp3) is 0.286. The molecule has 27 heavy (non-hydrogen) atoms. The number of nitrogens with one attached hydrogen (secondary N) is 1. The standard InChI is InChI=1S/C21H20N4O2/c1-2-19(27)25-14-8-7-12(9-14)20(25)17-11-13-10-16(23-24-21(13)22-17)15-5-3-4-6-18(15)26/h2-6,10-12,14,20,26H,1,7-9H2,(H,22,24)/t12-,14+,20?/m1/s1. The van der Waals surface area contributed by atoms with Gasteiger partial charge in [-0.3, -0.25) is 4.79 Å². The summed E-state index contributed by atoms with van der Waals surface area (Å²) in [5.41, 5.74) is 2.96. The second-order valence-corrected chi connectivity index (χ2v) is 7.40. The molecule has 1 amide bonds. The molecule has 1 saturated heterocycles. The maximum atomic E-state index is 12.4. The molecule has 1 aliphatic carbocycles. The van der Waals surface area contributed by atoms with Gasteiger partial charge in [-0.2, -0.15) is 0 Å². The first kappa shape index (κ1) is 16.1. The van der Waals surface area contributed by atoms with Crippen LogP contribution >= 0.6 is 0 Å². The van der Waals surface area contributed by atoms with Gasteiger partial charge in [-0.25, -0.2) is 0 Å². The molecular formula is C21H20N4O2. The van der Waals surface area contributed by atoms with Crippen LogP contribution in [0.3, 0.4) is 0 Å².